The molecule has 3 aromatic carbocycles. The molecule has 0 aliphatic carbocycles. The summed E-state index contributed by atoms with van der Waals surface area (Å²) < 4.78 is 5.45. The van der Waals surface area contributed by atoms with Crippen LogP contribution in [0.3, 0.4) is 0 Å². The zero-order chi connectivity index (χ0) is 16.9. The Morgan fingerprint density at radius 1 is 1.00 bits per heavy atom. The largest absolute Gasteiger partial charge is 0.504 e. The van der Waals surface area contributed by atoms with Gasteiger partial charge in [-0.15, -0.1) is 12.4 Å². The zero-order valence-corrected chi connectivity index (χ0v) is 15.3. The van der Waals surface area contributed by atoms with Gasteiger partial charge in [0.05, 0.1) is 6.61 Å². The van der Waals surface area contributed by atoms with Crippen molar-refractivity contribution in [3.63, 3.8) is 0 Å². The van der Waals surface area contributed by atoms with Crippen molar-refractivity contribution in [1.82, 2.24) is 5.32 Å². The number of fused-ring (bicyclic) bond motifs is 1. The third kappa shape index (κ3) is 4.25. The quantitative estimate of drug-likeness (QED) is 0.635. The number of ether oxygens (including phenoxy) is 1. The number of benzene rings is 3. The van der Waals surface area contributed by atoms with Gasteiger partial charge in [-0.1, -0.05) is 54.6 Å². The van der Waals surface area contributed by atoms with Crippen LogP contribution in [0.25, 0.3) is 10.8 Å². The van der Waals surface area contributed by atoms with E-state index in [9.17, 15) is 5.11 Å². The molecule has 25 heavy (non-hydrogen) atoms. The number of hydrogen-bond acceptors (Lipinski definition) is 3. The summed E-state index contributed by atoms with van der Waals surface area (Å²) in [6, 6.07) is 20.5. The van der Waals surface area contributed by atoms with Crippen molar-refractivity contribution in [2.24, 2.45) is 0 Å². The Kier molecular flexibility index (Phi) is 6.68. The van der Waals surface area contributed by atoms with Gasteiger partial charge >= 0.3 is 0 Å². The summed E-state index contributed by atoms with van der Waals surface area (Å²) in [7, 11) is 0. The van der Waals surface area contributed by atoms with E-state index in [1.54, 1.807) is 6.07 Å². The van der Waals surface area contributed by atoms with Crippen molar-refractivity contribution in [3.8, 4) is 11.5 Å². The maximum atomic E-state index is 10.3. The molecule has 0 heterocycles. The van der Waals surface area contributed by atoms with Crippen molar-refractivity contribution in [3.05, 3.63) is 71.8 Å². The van der Waals surface area contributed by atoms with Gasteiger partial charge in [0.2, 0.25) is 0 Å². The first-order valence-corrected chi connectivity index (χ1v) is 8.35. The van der Waals surface area contributed by atoms with E-state index in [0.717, 1.165) is 5.56 Å². The number of phenols is 1. The first-order chi connectivity index (χ1) is 11.7. The predicted octanol–water partition coefficient (Wildman–Crippen LogP) is 5.22. The van der Waals surface area contributed by atoms with Gasteiger partial charge in [0.25, 0.3) is 0 Å². The summed E-state index contributed by atoms with van der Waals surface area (Å²) in [5, 5.41) is 16.3. The summed E-state index contributed by atoms with van der Waals surface area (Å²) in [6.45, 7) is 5.17. The van der Waals surface area contributed by atoms with Crippen molar-refractivity contribution in [1.29, 1.82) is 0 Å². The molecule has 3 rings (SSSR count). The van der Waals surface area contributed by atoms with Crippen molar-refractivity contribution in [2.45, 2.75) is 26.4 Å². The number of phenolic OH excluding ortho intramolecular Hbond substituents is 1. The highest BCUT2D eigenvalue weighted by Crippen LogP contribution is 2.30. The second-order valence-electron chi connectivity index (χ2n) is 5.87. The third-order valence-corrected chi connectivity index (χ3v) is 4.27. The number of hydrogen-bond donors (Lipinski definition) is 2. The number of halogens is 1. The molecule has 0 aromatic heterocycles. The Bertz CT molecular complexity index is 830. The molecule has 0 aliphatic heterocycles. The van der Waals surface area contributed by atoms with E-state index in [2.05, 4.69) is 54.7 Å². The lowest BCUT2D eigenvalue weighted by molar-refractivity contribution is 0.316. The Labute approximate surface area is 155 Å². The molecule has 1 atom stereocenters. The molecule has 0 bridgehead atoms. The molecule has 0 spiro atoms. The van der Waals surface area contributed by atoms with Gasteiger partial charge in [0.15, 0.2) is 11.5 Å². The highest BCUT2D eigenvalue weighted by atomic mass is 35.5. The van der Waals surface area contributed by atoms with Gasteiger partial charge in [-0.05, 0) is 36.2 Å². The summed E-state index contributed by atoms with van der Waals surface area (Å²) in [5.74, 6) is 0.756. The summed E-state index contributed by atoms with van der Waals surface area (Å²) in [6.07, 6.45) is 0. The van der Waals surface area contributed by atoms with E-state index >= 15 is 0 Å². The minimum absolute atomic E-state index is 0. The van der Waals surface area contributed by atoms with Gasteiger partial charge in [-0.3, -0.25) is 0 Å². The molecule has 0 radical (unpaired) electrons. The molecule has 0 saturated carbocycles. The van der Waals surface area contributed by atoms with Crippen molar-refractivity contribution >= 4 is 23.2 Å². The van der Waals surface area contributed by atoms with Crippen LogP contribution >= 0.6 is 12.4 Å². The monoisotopic (exact) mass is 357 g/mol. The molecule has 3 nitrogen and oxygen atoms in total. The van der Waals surface area contributed by atoms with Gasteiger partial charge in [0, 0.05) is 18.2 Å². The predicted molar refractivity (Wildman–Crippen MR) is 106 cm³/mol. The van der Waals surface area contributed by atoms with Crippen LogP contribution in [0.5, 0.6) is 11.5 Å². The Morgan fingerprint density at radius 2 is 1.72 bits per heavy atom. The number of rotatable bonds is 6. The van der Waals surface area contributed by atoms with E-state index in [4.69, 9.17) is 4.74 Å². The van der Waals surface area contributed by atoms with Gasteiger partial charge in [0.1, 0.15) is 0 Å². The molecular weight excluding hydrogens is 334 g/mol. The lowest BCUT2D eigenvalue weighted by Gasteiger charge is -2.18. The highest BCUT2D eigenvalue weighted by molar-refractivity contribution is 5.86. The second kappa shape index (κ2) is 8.75. The van der Waals surface area contributed by atoms with Crippen LogP contribution in [-0.2, 0) is 6.54 Å². The fraction of sp³-hybridized carbons (Fsp3) is 0.238. The fourth-order valence-corrected chi connectivity index (χ4v) is 2.98. The van der Waals surface area contributed by atoms with Crippen LogP contribution in [0.4, 0.5) is 0 Å². The summed E-state index contributed by atoms with van der Waals surface area (Å²) >= 11 is 0. The Balaban J connectivity index is 0.00000225. The van der Waals surface area contributed by atoms with Crippen molar-refractivity contribution in [2.75, 3.05) is 6.61 Å². The first-order valence-electron chi connectivity index (χ1n) is 8.35. The normalized spacial score (nSPS) is 11.8. The molecule has 0 amide bonds. The molecule has 0 saturated heterocycles. The molecular formula is C21H24ClNO2. The van der Waals surface area contributed by atoms with Gasteiger partial charge < -0.3 is 15.2 Å². The minimum atomic E-state index is 0. The van der Waals surface area contributed by atoms with E-state index in [0.29, 0.717) is 18.9 Å². The van der Waals surface area contributed by atoms with Crippen LogP contribution < -0.4 is 10.1 Å². The molecule has 132 valence electrons. The highest BCUT2D eigenvalue weighted by Gasteiger charge is 2.12. The molecule has 0 fully saturated rings. The van der Waals surface area contributed by atoms with Gasteiger partial charge in [-0.25, -0.2) is 0 Å². The SMILES string of the molecule is CCOc1cccc(CNC(C)c2cccc3ccccc23)c1O.Cl. The minimum Gasteiger partial charge on any atom is -0.504 e. The fourth-order valence-electron chi connectivity index (χ4n) is 2.98. The van der Waals surface area contributed by atoms with E-state index in [1.807, 2.05) is 19.1 Å². The summed E-state index contributed by atoms with van der Waals surface area (Å²) in [4.78, 5) is 0. The van der Waals surface area contributed by atoms with E-state index in [-0.39, 0.29) is 24.2 Å². The number of para-hydroxylation sites is 1. The standard InChI is InChI=1S/C21H23NO2.ClH/c1-3-24-20-13-7-10-17(21(20)23)14-22-15(2)18-12-6-9-16-8-4-5-11-19(16)18;/h4-13,15,22-23H,3,14H2,1-2H3;1H. The average Bonchev–Trinajstić information content (AvgIpc) is 2.62. The molecule has 4 heteroatoms. The lowest BCUT2D eigenvalue weighted by Crippen LogP contribution is -2.18. The maximum absolute atomic E-state index is 10.3. The van der Waals surface area contributed by atoms with Gasteiger partial charge in [-0.2, -0.15) is 0 Å². The van der Waals surface area contributed by atoms with Crippen LogP contribution in [0.2, 0.25) is 0 Å². The number of nitrogens with one attached hydrogen (secondary N) is 1. The molecule has 3 aromatic rings. The molecule has 1 unspecified atom stereocenters. The zero-order valence-electron chi connectivity index (χ0n) is 14.5. The van der Waals surface area contributed by atoms with Crippen LogP contribution in [0.1, 0.15) is 31.0 Å². The van der Waals surface area contributed by atoms with Crippen molar-refractivity contribution < 1.29 is 9.84 Å². The molecule has 2 N–H and O–H groups in total. The lowest BCUT2D eigenvalue weighted by atomic mass is 9.99. The Hall–Kier alpha value is -2.23. The van der Waals surface area contributed by atoms with Crippen LogP contribution in [0.15, 0.2) is 60.7 Å². The topological polar surface area (TPSA) is 41.5 Å². The third-order valence-electron chi connectivity index (χ3n) is 4.27. The summed E-state index contributed by atoms with van der Waals surface area (Å²) in [5.41, 5.74) is 2.10. The smallest absolute Gasteiger partial charge is 0.162 e. The first kappa shape index (κ1) is 19.1. The van der Waals surface area contributed by atoms with E-state index < -0.39 is 0 Å². The maximum Gasteiger partial charge on any atom is 0.162 e. The Morgan fingerprint density at radius 3 is 2.52 bits per heavy atom. The second-order valence-corrected chi connectivity index (χ2v) is 5.87. The molecule has 0 aliphatic rings. The average molecular weight is 358 g/mol. The number of aromatic hydroxyl groups is 1. The van der Waals surface area contributed by atoms with E-state index in [1.165, 1.54) is 16.3 Å². The van der Waals surface area contributed by atoms with Crippen LogP contribution in [-0.4, -0.2) is 11.7 Å². The van der Waals surface area contributed by atoms with Crippen LogP contribution in [0, 0.1) is 0 Å².